The predicted octanol–water partition coefficient (Wildman–Crippen LogP) is 10.2. The van der Waals surface area contributed by atoms with Crippen LogP contribution in [-0.4, -0.2) is 9.97 Å². The number of hydrogen-bond donors (Lipinski definition) is 0. The molecule has 0 fully saturated rings. The topological polar surface area (TPSA) is 25.8 Å². The quantitative estimate of drug-likeness (QED) is 0.219. The number of hydrogen-bond acceptors (Lipinski definition) is 3. The van der Waals surface area contributed by atoms with Gasteiger partial charge in [-0.1, -0.05) is 109 Å². The summed E-state index contributed by atoms with van der Waals surface area (Å²) in [5, 5.41) is 4.93. The van der Waals surface area contributed by atoms with Gasteiger partial charge in [-0.25, -0.2) is 9.97 Å². The summed E-state index contributed by atoms with van der Waals surface area (Å²) in [5.41, 5.74) is 8.25. The van der Waals surface area contributed by atoms with Gasteiger partial charge in [0, 0.05) is 36.7 Å². The molecule has 0 amide bonds. The van der Waals surface area contributed by atoms with Crippen molar-refractivity contribution < 1.29 is 0 Å². The third-order valence-corrected chi connectivity index (χ3v) is 8.59. The van der Waals surface area contributed by atoms with E-state index in [0.717, 1.165) is 44.3 Å². The first-order chi connectivity index (χ1) is 19.3. The molecule has 2 aromatic heterocycles. The molecule has 0 saturated heterocycles. The summed E-state index contributed by atoms with van der Waals surface area (Å²) in [6.07, 6.45) is 0. The Labute approximate surface area is 229 Å². The van der Waals surface area contributed by atoms with Gasteiger partial charge in [-0.15, -0.1) is 11.3 Å². The molecule has 0 spiro atoms. The third-order valence-electron chi connectivity index (χ3n) is 7.46. The molecular formula is C36H22N2S. The van der Waals surface area contributed by atoms with Crippen molar-refractivity contribution in [2.75, 3.05) is 0 Å². The molecule has 0 atom stereocenters. The zero-order valence-electron chi connectivity index (χ0n) is 21.0. The summed E-state index contributed by atoms with van der Waals surface area (Å²) in [6, 6.07) is 47.1. The normalized spacial score (nSPS) is 11.6. The van der Waals surface area contributed by atoms with Crippen molar-refractivity contribution in [1.29, 1.82) is 0 Å². The van der Waals surface area contributed by atoms with Gasteiger partial charge in [0.1, 0.15) is 0 Å². The van der Waals surface area contributed by atoms with Gasteiger partial charge in [0.25, 0.3) is 0 Å². The van der Waals surface area contributed by atoms with Crippen molar-refractivity contribution in [3.63, 3.8) is 0 Å². The van der Waals surface area contributed by atoms with Crippen LogP contribution < -0.4 is 0 Å². The number of nitrogens with zero attached hydrogens (tertiary/aromatic N) is 2. The molecule has 0 aliphatic carbocycles. The van der Waals surface area contributed by atoms with Crippen LogP contribution in [0.4, 0.5) is 0 Å². The highest BCUT2D eigenvalue weighted by Crippen LogP contribution is 2.41. The molecule has 0 aliphatic rings. The fourth-order valence-corrected chi connectivity index (χ4v) is 6.76. The van der Waals surface area contributed by atoms with Gasteiger partial charge in [-0.05, 0) is 40.8 Å². The van der Waals surface area contributed by atoms with E-state index in [0.29, 0.717) is 0 Å². The van der Waals surface area contributed by atoms with Gasteiger partial charge in [0.15, 0.2) is 0 Å². The summed E-state index contributed by atoms with van der Waals surface area (Å²) >= 11 is 1.86. The van der Waals surface area contributed by atoms with E-state index < -0.39 is 0 Å². The molecule has 8 rings (SSSR count). The molecule has 0 bridgehead atoms. The first-order valence-electron chi connectivity index (χ1n) is 13.1. The summed E-state index contributed by atoms with van der Waals surface area (Å²) < 4.78 is 2.64. The second kappa shape index (κ2) is 8.87. The molecule has 39 heavy (non-hydrogen) atoms. The average Bonchev–Trinajstić information content (AvgIpc) is 3.40. The lowest BCUT2D eigenvalue weighted by Gasteiger charge is -2.13. The highest BCUT2D eigenvalue weighted by molar-refractivity contribution is 7.25. The molecule has 2 heterocycles. The standard InChI is InChI=1S/C36H22N2S/c1-3-10-23(11-4-1)34-35(24-12-5-2-6-13-24)38-36-28-20-18-25(22-26(28)19-21-30(36)37-34)27-15-9-17-32-33(27)29-14-7-8-16-31(29)39-32/h1-22H. The van der Waals surface area contributed by atoms with Crippen molar-refractivity contribution >= 4 is 53.3 Å². The van der Waals surface area contributed by atoms with Gasteiger partial charge < -0.3 is 0 Å². The van der Waals surface area contributed by atoms with Crippen molar-refractivity contribution in [2.45, 2.75) is 0 Å². The number of fused-ring (bicyclic) bond motifs is 6. The van der Waals surface area contributed by atoms with Crippen LogP contribution in [0.1, 0.15) is 0 Å². The first-order valence-corrected chi connectivity index (χ1v) is 13.9. The van der Waals surface area contributed by atoms with Crippen LogP contribution in [0.5, 0.6) is 0 Å². The minimum Gasteiger partial charge on any atom is -0.244 e. The molecule has 0 saturated carbocycles. The fourth-order valence-electron chi connectivity index (χ4n) is 5.63. The number of thiophene rings is 1. The van der Waals surface area contributed by atoms with Crippen molar-refractivity contribution in [3.8, 4) is 33.6 Å². The second-order valence-electron chi connectivity index (χ2n) is 9.80. The fraction of sp³-hybridized carbons (Fsp3) is 0. The predicted molar refractivity (Wildman–Crippen MR) is 166 cm³/mol. The zero-order chi connectivity index (χ0) is 25.8. The molecule has 182 valence electrons. The molecule has 8 aromatic rings. The molecular weight excluding hydrogens is 492 g/mol. The van der Waals surface area contributed by atoms with Crippen LogP contribution >= 0.6 is 11.3 Å². The molecule has 0 unspecified atom stereocenters. The summed E-state index contributed by atoms with van der Waals surface area (Å²) in [7, 11) is 0. The van der Waals surface area contributed by atoms with Crippen LogP contribution in [0.15, 0.2) is 133 Å². The average molecular weight is 515 g/mol. The van der Waals surface area contributed by atoms with Crippen molar-refractivity contribution in [1.82, 2.24) is 9.97 Å². The van der Waals surface area contributed by atoms with E-state index >= 15 is 0 Å². The second-order valence-corrected chi connectivity index (χ2v) is 10.9. The highest BCUT2D eigenvalue weighted by Gasteiger charge is 2.16. The maximum atomic E-state index is 5.27. The van der Waals surface area contributed by atoms with Gasteiger partial charge in [0.2, 0.25) is 0 Å². The van der Waals surface area contributed by atoms with Crippen molar-refractivity contribution in [2.24, 2.45) is 0 Å². The Hall–Kier alpha value is -4.86. The van der Waals surface area contributed by atoms with Crippen molar-refractivity contribution in [3.05, 3.63) is 133 Å². The van der Waals surface area contributed by atoms with Crippen LogP contribution in [-0.2, 0) is 0 Å². The van der Waals surface area contributed by atoms with Crippen LogP contribution in [0.25, 0.3) is 75.6 Å². The number of rotatable bonds is 3. The van der Waals surface area contributed by atoms with Gasteiger partial charge in [-0.3, -0.25) is 0 Å². The number of benzene rings is 6. The third kappa shape index (κ3) is 3.63. The monoisotopic (exact) mass is 514 g/mol. The van der Waals surface area contributed by atoms with Crippen LogP contribution in [0, 0.1) is 0 Å². The van der Waals surface area contributed by atoms with Gasteiger partial charge in [0.05, 0.1) is 22.4 Å². The van der Waals surface area contributed by atoms with Crippen LogP contribution in [0.3, 0.4) is 0 Å². The van der Waals surface area contributed by atoms with Gasteiger partial charge in [-0.2, -0.15) is 0 Å². The molecule has 6 aromatic carbocycles. The summed E-state index contributed by atoms with van der Waals surface area (Å²) in [4.78, 5) is 10.4. The Morgan fingerprint density at radius 2 is 1.15 bits per heavy atom. The SMILES string of the molecule is c1ccc(-c2nc3ccc4cc(-c5cccc6sc7ccccc7c56)ccc4c3nc2-c2ccccc2)cc1. The largest absolute Gasteiger partial charge is 0.244 e. The Morgan fingerprint density at radius 1 is 0.462 bits per heavy atom. The maximum Gasteiger partial charge on any atom is 0.0973 e. The zero-order valence-corrected chi connectivity index (χ0v) is 21.8. The Balaban J connectivity index is 1.36. The molecule has 0 N–H and O–H groups in total. The lowest BCUT2D eigenvalue weighted by Crippen LogP contribution is -1.96. The van der Waals surface area contributed by atoms with Crippen LogP contribution in [0.2, 0.25) is 0 Å². The number of aromatic nitrogens is 2. The smallest absolute Gasteiger partial charge is 0.0973 e. The van der Waals surface area contributed by atoms with E-state index in [1.807, 2.05) is 23.5 Å². The highest BCUT2D eigenvalue weighted by atomic mass is 32.1. The molecule has 2 nitrogen and oxygen atoms in total. The lowest BCUT2D eigenvalue weighted by molar-refractivity contribution is 1.30. The minimum atomic E-state index is 0.903. The minimum absolute atomic E-state index is 0.903. The van der Waals surface area contributed by atoms with E-state index in [2.05, 4.69) is 121 Å². The summed E-state index contributed by atoms with van der Waals surface area (Å²) in [6.45, 7) is 0. The van der Waals surface area contributed by atoms with E-state index in [1.54, 1.807) is 0 Å². The summed E-state index contributed by atoms with van der Waals surface area (Å²) in [5.74, 6) is 0. The van der Waals surface area contributed by atoms with E-state index in [4.69, 9.17) is 9.97 Å². The van der Waals surface area contributed by atoms with E-state index in [9.17, 15) is 0 Å². The first kappa shape index (κ1) is 22.2. The van der Waals surface area contributed by atoms with E-state index in [-0.39, 0.29) is 0 Å². The maximum absolute atomic E-state index is 5.27. The molecule has 0 aliphatic heterocycles. The molecule has 0 radical (unpaired) electrons. The molecule has 3 heteroatoms. The Kier molecular flexibility index (Phi) is 5.04. The van der Waals surface area contributed by atoms with Gasteiger partial charge >= 0.3 is 0 Å². The lowest BCUT2D eigenvalue weighted by atomic mass is 9.96. The Morgan fingerprint density at radius 3 is 1.95 bits per heavy atom. The Bertz CT molecular complexity index is 2160. The van der Waals surface area contributed by atoms with E-state index in [1.165, 1.54) is 31.3 Å².